The highest BCUT2D eigenvalue weighted by Gasteiger charge is 2.23. The fourth-order valence-electron chi connectivity index (χ4n) is 4.02. The molecule has 7 nitrogen and oxygen atoms in total. The molecule has 1 aliphatic rings. The maximum atomic E-state index is 13.0. The van der Waals surface area contributed by atoms with Crippen molar-refractivity contribution in [3.05, 3.63) is 59.8 Å². The molecular formula is C24H26N4O3. The Labute approximate surface area is 180 Å². The van der Waals surface area contributed by atoms with Crippen LogP contribution in [0.5, 0.6) is 0 Å². The van der Waals surface area contributed by atoms with Gasteiger partial charge in [-0.1, -0.05) is 24.3 Å². The summed E-state index contributed by atoms with van der Waals surface area (Å²) >= 11 is 0. The number of aromatic amines is 1. The van der Waals surface area contributed by atoms with E-state index in [1.807, 2.05) is 48.7 Å². The van der Waals surface area contributed by atoms with E-state index in [2.05, 4.69) is 4.98 Å². The van der Waals surface area contributed by atoms with E-state index in [-0.39, 0.29) is 23.6 Å². The van der Waals surface area contributed by atoms with Gasteiger partial charge in [-0.3, -0.25) is 14.4 Å². The number of nitrogens with two attached hydrogens (primary N) is 1. The number of rotatable bonds is 4. The van der Waals surface area contributed by atoms with Crippen molar-refractivity contribution in [3.63, 3.8) is 0 Å². The van der Waals surface area contributed by atoms with E-state index in [1.54, 1.807) is 23.6 Å². The molecule has 2 heterocycles. The van der Waals surface area contributed by atoms with Gasteiger partial charge in [0.1, 0.15) is 0 Å². The first-order chi connectivity index (χ1) is 14.8. The molecule has 4 rings (SSSR count). The van der Waals surface area contributed by atoms with E-state index >= 15 is 0 Å². The van der Waals surface area contributed by atoms with Gasteiger partial charge in [-0.05, 0) is 36.2 Å². The third kappa shape index (κ3) is 4.03. The van der Waals surface area contributed by atoms with E-state index in [1.165, 1.54) is 0 Å². The second-order valence-electron chi connectivity index (χ2n) is 8.01. The van der Waals surface area contributed by atoms with Crippen LogP contribution in [0.2, 0.25) is 0 Å². The molecule has 0 aliphatic carbocycles. The van der Waals surface area contributed by atoms with Crippen molar-refractivity contribution in [2.45, 2.75) is 19.8 Å². The molecule has 31 heavy (non-hydrogen) atoms. The summed E-state index contributed by atoms with van der Waals surface area (Å²) in [6, 6.07) is 13.4. The lowest BCUT2D eigenvalue weighted by Crippen LogP contribution is -2.50. The van der Waals surface area contributed by atoms with Gasteiger partial charge >= 0.3 is 0 Å². The van der Waals surface area contributed by atoms with Gasteiger partial charge in [0.2, 0.25) is 11.8 Å². The lowest BCUT2D eigenvalue weighted by molar-refractivity contribution is -0.130. The summed E-state index contributed by atoms with van der Waals surface area (Å²) < 4.78 is 0. The predicted octanol–water partition coefficient (Wildman–Crippen LogP) is 2.73. The smallest absolute Gasteiger partial charge is 0.253 e. The highest BCUT2D eigenvalue weighted by Crippen LogP contribution is 2.31. The number of nitrogens with zero attached hydrogens (tertiary/aromatic N) is 2. The van der Waals surface area contributed by atoms with E-state index < -0.39 is 0 Å². The Balaban J connectivity index is 1.59. The standard InChI is InChI=1S/C24H26N4O3/c1-15(23(25)30)17-3-5-18(6-4-17)21-14-26-22-8-7-19(13-20(21)22)24(31)28-11-9-27(10-12-28)16(2)29/h3-8,13-15,26H,9-12H2,1-2H3,(H2,25,30). The predicted molar refractivity (Wildman–Crippen MR) is 120 cm³/mol. The van der Waals surface area contributed by atoms with E-state index in [9.17, 15) is 14.4 Å². The minimum atomic E-state index is -0.355. The number of fused-ring (bicyclic) bond motifs is 1. The number of hydrogen-bond donors (Lipinski definition) is 2. The molecule has 0 saturated carbocycles. The number of carbonyl (C=O) groups is 3. The Kier molecular flexibility index (Phi) is 5.50. The van der Waals surface area contributed by atoms with Crippen molar-refractivity contribution >= 4 is 28.6 Å². The summed E-state index contributed by atoms with van der Waals surface area (Å²) in [5.41, 5.74) is 9.83. The van der Waals surface area contributed by atoms with Gasteiger partial charge in [0.05, 0.1) is 5.92 Å². The molecule has 3 aromatic rings. The first kappa shape index (κ1) is 20.7. The summed E-state index contributed by atoms with van der Waals surface area (Å²) in [5.74, 6) is -0.679. The van der Waals surface area contributed by atoms with E-state index in [0.29, 0.717) is 31.7 Å². The molecule has 0 bridgehead atoms. The molecule has 0 spiro atoms. The Morgan fingerprint density at radius 2 is 1.61 bits per heavy atom. The minimum Gasteiger partial charge on any atom is -0.369 e. The lowest BCUT2D eigenvalue weighted by atomic mass is 9.96. The third-order valence-electron chi connectivity index (χ3n) is 6.09. The van der Waals surface area contributed by atoms with Crippen LogP contribution in [0.3, 0.4) is 0 Å². The van der Waals surface area contributed by atoms with Crippen LogP contribution in [0.25, 0.3) is 22.0 Å². The number of aromatic nitrogens is 1. The summed E-state index contributed by atoms with van der Waals surface area (Å²) in [5, 5.41) is 0.962. The Bertz CT molecular complexity index is 1140. The van der Waals surface area contributed by atoms with Gasteiger partial charge in [-0.25, -0.2) is 0 Å². The number of piperazine rings is 1. The van der Waals surface area contributed by atoms with E-state index in [4.69, 9.17) is 5.73 Å². The van der Waals surface area contributed by atoms with Crippen LogP contribution in [0, 0.1) is 0 Å². The fraction of sp³-hybridized carbons (Fsp3) is 0.292. The zero-order valence-electron chi connectivity index (χ0n) is 17.7. The topological polar surface area (TPSA) is 99.5 Å². The van der Waals surface area contributed by atoms with Gasteiger partial charge < -0.3 is 20.5 Å². The number of benzene rings is 2. The Morgan fingerprint density at radius 1 is 0.968 bits per heavy atom. The minimum absolute atomic E-state index is 0.0251. The summed E-state index contributed by atoms with van der Waals surface area (Å²) in [7, 11) is 0. The normalized spacial score (nSPS) is 15.2. The Morgan fingerprint density at radius 3 is 2.23 bits per heavy atom. The van der Waals surface area contributed by atoms with Crippen molar-refractivity contribution in [2.24, 2.45) is 5.73 Å². The number of nitrogens with one attached hydrogen (secondary N) is 1. The van der Waals surface area contributed by atoms with Crippen LogP contribution in [0.4, 0.5) is 0 Å². The first-order valence-electron chi connectivity index (χ1n) is 10.4. The van der Waals surface area contributed by atoms with E-state index in [0.717, 1.165) is 27.6 Å². The van der Waals surface area contributed by atoms with Crippen LogP contribution in [0.15, 0.2) is 48.7 Å². The molecule has 3 amide bonds. The van der Waals surface area contributed by atoms with Crippen molar-refractivity contribution < 1.29 is 14.4 Å². The first-order valence-corrected chi connectivity index (χ1v) is 10.4. The third-order valence-corrected chi connectivity index (χ3v) is 6.09. The van der Waals surface area contributed by atoms with Gasteiger partial charge in [0, 0.05) is 61.3 Å². The maximum Gasteiger partial charge on any atom is 0.253 e. The molecule has 1 aliphatic heterocycles. The van der Waals surface area contributed by atoms with Crippen molar-refractivity contribution in [1.29, 1.82) is 0 Å². The summed E-state index contributed by atoms with van der Waals surface area (Å²) in [6.45, 7) is 5.55. The van der Waals surface area contributed by atoms with Crippen LogP contribution in [-0.4, -0.2) is 58.7 Å². The number of primary amides is 1. The molecule has 1 atom stereocenters. The molecule has 1 saturated heterocycles. The second-order valence-corrected chi connectivity index (χ2v) is 8.01. The van der Waals surface area contributed by atoms with Gasteiger partial charge in [-0.2, -0.15) is 0 Å². The van der Waals surface area contributed by atoms with Crippen LogP contribution < -0.4 is 5.73 Å². The van der Waals surface area contributed by atoms with Crippen LogP contribution in [-0.2, 0) is 9.59 Å². The zero-order valence-corrected chi connectivity index (χ0v) is 17.7. The molecule has 7 heteroatoms. The monoisotopic (exact) mass is 418 g/mol. The fourth-order valence-corrected chi connectivity index (χ4v) is 4.02. The highest BCUT2D eigenvalue weighted by atomic mass is 16.2. The quantitative estimate of drug-likeness (QED) is 0.681. The number of carbonyl (C=O) groups excluding carboxylic acids is 3. The van der Waals surface area contributed by atoms with Crippen LogP contribution in [0.1, 0.15) is 35.7 Å². The van der Waals surface area contributed by atoms with Gasteiger partial charge in [-0.15, -0.1) is 0 Å². The largest absolute Gasteiger partial charge is 0.369 e. The maximum absolute atomic E-state index is 13.0. The van der Waals surface area contributed by atoms with Gasteiger partial charge in [0.15, 0.2) is 0 Å². The molecule has 1 fully saturated rings. The number of H-pyrrole nitrogens is 1. The summed E-state index contributed by atoms with van der Waals surface area (Å²) in [6.07, 6.45) is 1.93. The molecule has 0 radical (unpaired) electrons. The molecule has 2 aromatic carbocycles. The molecule has 1 aromatic heterocycles. The molecule has 3 N–H and O–H groups in total. The van der Waals surface area contributed by atoms with Crippen molar-refractivity contribution in [3.8, 4) is 11.1 Å². The van der Waals surface area contributed by atoms with Crippen molar-refractivity contribution in [2.75, 3.05) is 26.2 Å². The zero-order chi connectivity index (χ0) is 22.1. The molecule has 1 unspecified atom stereocenters. The average molecular weight is 418 g/mol. The Hall–Kier alpha value is -3.61. The van der Waals surface area contributed by atoms with Crippen molar-refractivity contribution in [1.82, 2.24) is 14.8 Å². The number of hydrogen-bond acceptors (Lipinski definition) is 3. The average Bonchev–Trinajstić information content (AvgIpc) is 3.21. The lowest BCUT2D eigenvalue weighted by Gasteiger charge is -2.34. The summed E-state index contributed by atoms with van der Waals surface area (Å²) in [4.78, 5) is 42.8. The van der Waals surface area contributed by atoms with Gasteiger partial charge in [0.25, 0.3) is 5.91 Å². The molecule has 160 valence electrons. The number of amides is 3. The van der Waals surface area contributed by atoms with Crippen LogP contribution >= 0.6 is 0 Å². The second kappa shape index (κ2) is 8.26. The molecular weight excluding hydrogens is 392 g/mol. The highest BCUT2D eigenvalue weighted by molar-refractivity contribution is 6.02. The SMILES string of the molecule is CC(=O)N1CCN(C(=O)c2ccc3[nH]cc(-c4ccc(C(C)C(N)=O)cc4)c3c2)CC1.